The van der Waals surface area contributed by atoms with E-state index in [1.54, 1.807) is 12.2 Å². The molecule has 1 aliphatic heterocycles. The molecule has 22 heavy (non-hydrogen) atoms. The number of aliphatic hydroxyl groups is 1. The van der Waals surface area contributed by atoms with Gasteiger partial charge in [0.1, 0.15) is 0 Å². The number of rotatable bonds is 5. The van der Waals surface area contributed by atoms with Gasteiger partial charge >= 0.3 is 5.91 Å². The number of allylic oxidation sites excluding steroid dienone is 2. The number of hydrogen-bond acceptors (Lipinski definition) is 4. The van der Waals surface area contributed by atoms with Crippen molar-refractivity contribution in [2.24, 2.45) is 0 Å². The third-order valence-electron chi connectivity index (χ3n) is 3.08. The molecule has 3 N–H and O–H groups in total. The highest BCUT2D eigenvalue weighted by molar-refractivity contribution is 5.80. The summed E-state index contributed by atoms with van der Waals surface area (Å²) in [5, 5.41) is 15.3. The van der Waals surface area contributed by atoms with E-state index in [9.17, 15) is 14.7 Å². The minimum Gasteiger partial charge on any atom is -0.449 e. The van der Waals surface area contributed by atoms with E-state index in [0.29, 0.717) is 6.54 Å². The first kappa shape index (κ1) is 15.8. The maximum Gasteiger partial charge on any atom is 0.316 e. The predicted octanol–water partition coefficient (Wildman–Crippen LogP) is 0.945. The van der Waals surface area contributed by atoms with Crippen LogP contribution in [0.5, 0.6) is 0 Å². The molecule has 0 aromatic heterocycles. The Labute approximate surface area is 128 Å². The Morgan fingerprint density at radius 2 is 2.00 bits per heavy atom. The van der Waals surface area contributed by atoms with Crippen LogP contribution in [-0.2, 0) is 20.9 Å². The molecule has 6 heteroatoms. The molecule has 2 rings (SSSR count). The van der Waals surface area contributed by atoms with Crippen LogP contribution in [0, 0.1) is 0 Å². The molecule has 1 aromatic rings. The molecule has 6 nitrogen and oxygen atoms in total. The van der Waals surface area contributed by atoms with Gasteiger partial charge in [-0.3, -0.25) is 14.9 Å². The summed E-state index contributed by atoms with van der Waals surface area (Å²) in [6.07, 6.45) is 4.26. The van der Waals surface area contributed by atoms with E-state index in [1.165, 1.54) is 13.2 Å². The van der Waals surface area contributed by atoms with E-state index in [0.717, 1.165) is 5.56 Å². The Hall–Kier alpha value is -2.60. The van der Waals surface area contributed by atoms with Crippen LogP contribution in [0.3, 0.4) is 0 Å². The van der Waals surface area contributed by atoms with Crippen molar-refractivity contribution in [3.63, 3.8) is 0 Å². The molecule has 0 fully saturated rings. The summed E-state index contributed by atoms with van der Waals surface area (Å²) < 4.78 is 5.05. The molecule has 1 aliphatic rings. The van der Waals surface area contributed by atoms with Gasteiger partial charge in [0, 0.05) is 19.0 Å². The van der Waals surface area contributed by atoms with Crippen molar-refractivity contribution in [1.82, 2.24) is 10.6 Å². The van der Waals surface area contributed by atoms with Gasteiger partial charge in [-0.1, -0.05) is 36.4 Å². The number of carbonyl (C=O) groups is 2. The third kappa shape index (κ3) is 4.20. The molecule has 0 aliphatic carbocycles. The van der Waals surface area contributed by atoms with E-state index in [4.69, 9.17) is 4.74 Å². The summed E-state index contributed by atoms with van der Waals surface area (Å²) in [5.74, 6) is -2.73. The minimum atomic E-state index is -1.98. The smallest absolute Gasteiger partial charge is 0.316 e. The van der Waals surface area contributed by atoms with Crippen molar-refractivity contribution in [1.29, 1.82) is 0 Å². The molecular formula is C16H18N2O4. The largest absolute Gasteiger partial charge is 0.449 e. The molecule has 0 saturated carbocycles. The molecule has 0 radical (unpaired) electrons. The molecule has 1 atom stereocenters. The minimum absolute atomic E-state index is 0.0893. The van der Waals surface area contributed by atoms with Gasteiger partial charge in [0.05, 0.1) is 12.7 Å². The van der Waals surface area contributed by atoms with E-state index in [1.807, 2.05) is 30.3 Å². The van der Waals surface area contributed by atoms with Gasteiger partial charge in [-0.25, -0.2) is 0 Å². The van der Waals surface area contributed by atoms with Crippen LogP contribution < -0.4 is 10.6 Å². The van der Waals surface area contributed by atoms with Crippen LogP contribution in [0.2, 0.25) is 0 Å². The van der Waals surface area contributed by atoms with Crippen molar-refractivity contribution < 1.29 is 19.4 Å². The summed E-state index contributed by atoms with van der Waals surface area (Å²) in [4.78, 5) is 23.2. The Morgan fingerprint density at radius 3 is 2.68 bits per heavy atom. The Balaban J connectivity index is 1.95. The summed E-state index contributed by atoms with van der Waals surface area (Å²) in [7, 11) is 0. The number of carbonyl (C=O) groups excluding carboxylic acids is 2. The molecule has 1 aromatic carbocycles. The second-order valence-corrected chi connectivity index (χ2v) is 4.90. The highest BCUT2D eigenvalue weighted by Gasteiger charge is 2.36. The number of nitrogens with one attached hydrogen (secondary N) is 2. The lowest BCUT2D eigenvalue weighted by Gasteiger charge is -2.31. The molecule has 2 amide bonds. The number of hydrogen-bond donors (Lipinski definition) is 3. The maximum atomic E-state index is 12.0. The zero-order valence-corrected chi connectivity index (χ0v) is 12.2. The summed E-state index contributed by atoms with van der Waals surface area (Å²) >= 11 is 0. The van der Waals surface area contributed by atoms with Gasteiger partial charge < -0.3 is 15.2 Å². The fourth-order valence-corrected chi connectivity index (χ4v) is 2.04. The molecule has 0 unspecified atom stereocenters. The normalized spacial score (nSPS) is 19.8. The first-order valence-electron chi connectivity index (χ1n) is 6.85. The summed E-state index contributed by atoms with van der Waals surface area (Å²) in [5.41, 5.74) is 1.23. The number of ether oxygens (including phenoxy) is 1. The quantitative estimate of drug-likeness (QED) is 0.707. The predicted molar refractivity (Wildman–Crippen MR) is 80.0 cm³/mol. The zero-order chi connectivity index (χ0) is 16.0. The fraction of sp³-hybridized carbons (Fsp3) is 0.250. The van der Waals surface area contributed by atoms with E-state index in [2.05, 4.69) is 10.6 Å². The van der Waals surface area contributed by atoms with Crippen molar-refractivity contribution >= 4 is 11.8 Å². The lowest BCUT2D eigenvalue weighted by atomic mass is 10.1. The second-order valence-electron chi connectivity index (χ2n) is 4.90. The highest BCUT2D eigenvalue weighted by atomic mass is 16.6. The number of amides is 2. The second kappa shape index (κ2) is 6.91. The molecule has 0 spiro atoms. The molecular weight excluding hydrogens is 284 g/mol. The van der Waals surface area contributed by atoms with Crippen molar-refractivity contribution in [2.75, 3.05) is 0 Å². The van der Waals surface area contributed by atoms with Crippen LogP contribution in [0.1, 0.15) is 18.9 Å². The maximum absolute atomic E-state index is 12.0. The van der Waals surface area contributed by atoms with Gasteiger partial charge in [0.25, 0.3) is 0 Å². The Bertz CT molecular complexity index is 610. The van der Waals surface area contributed by atoms with Crippen LogP contribution in [0.15, 0.2) is 54.3 Å². The molecule has 0 saturated heterocycles. The van der Waals surface area contributed by atoms with Crippen LogP contribution in [-0.4, -0.2) is 22.8 Å². The molecule has 0 bridgehead atoms. The first-order chi connectivity index (χ1) is 10.5. The van der Waals surface area contributed by atoms with E-state index < -0.39 is 11.8 Å². The van der Waals surface area contributed by atoms with Crippen molar-refractivity contribution in [2.45, 2.75) is 25.8 Å². The van der Waals surface area contributed by atoms with Crippen LogP contribution in [0.4, 0.5) is 0 Å². The standard InChI is InChI=1S/C16H18N2O4/c1-12(19)18-16(21)14(8-5-9-22-16)10-15(20)17-11-13-6-3-2-4-7-13/h2-9,21H,10-11H2,1H3,(H,17,20)(H,18,19)/t16-/m1/s1. The lowest BCUT2D eigenvalue weighted by molar-refractivity contribution is -0.173. The highest BCUT2D eigenvalue weighted by Crippen LogP contribution is 2.23. The van der Waals surface area contributed by atoms with E-state index in [-0.39, 0.29) is 17.9 Å². The Morgan fingerprint density at radius 1 is 1.27 bits per heavy atom. The van der Waals surface area contributed by atoms with Crippen molar-refractivity contribution in [3.8, 4) is 0 Å². The van der Waals surface area contributed by atoms with Gasteiger partial charge in [-0.2, -0.15) is 0 Å². The van der Waals surface area contributed by atoms with Gasteiger partial charge in [0.2, 0.25) is 11.8 Å². The van der Waals surface area contributed by atoms with E-state index >= 15 is 0 Å². The van der Waals surface area contributed by atoms with Gasteiger partial charge in [-0.15, -0.1) is 0 Å². The van der Waals surface area contributed by atoms with Crippen LogP contribution in [0.25, 0.3) is 0 Å². The Kier molecular flexibility index (Phi) is 4.95. The van der Waals surface area contributed by atoms with Gasteiger partial charge in [0.15, 0.2) is 0 Å². The third-order valence-corrected chi connectivity index (χ3v) is 3.08. The topological polar surface area (TPSA) is 87.7 Å². The average molecular weight is 302 g/mol. The SMILES string of the molecule is CC(=O)N[C@]1(O)OC=CC=C1CC(=O)NCc1ccccc1. The van der Waals surface area contributed by atoms with Gasteiger partial charge in [-0.05, 0) is 11.6 Å². The fourth-order valence-electron chi connectivity index (χ4n) is 2.04. The first-order valence-corrected chi connectivity index (χ1v) is 6.85. The lowest BCUT2D eigenvalue weighted by Crippen LogP contribution is -2.51. The average Bonchev–Trinajstić information content (AvgIpc) is 2.48. The summed E-state index contributed by atoms with van der Waals surface area (Å²) in [6, 6.07) is 9.48. The van der Waals surface area contributed by atoms with Crippen LogP contribution >= 0.6 is 0 Å². The molecule has 116 valence electrons. The van der Waals surface area contributed by atoms with Crippen molar-refractivity contribution in [3.05, 3.63) is 59.9 Å². The summed E-state index contributed by atoms with van der Waals surface area (Å²) in [6.45, 7) is 1.65. The number of benzene rings is 1. The monoisotopic (exact) mass is 302 g/mol. The molecule has 1 heterocycles. The zero-order valence-electron chi connectivity index (χ0n) is 12.2.